The van der Waals surface area contributed by atoms with Crippen molar-refractivity contribution in [3.05, 3.63) is 110 Å². The monoisotopic (exact) mass is 646 g/mol. The van der Waals surface area contributed by atoms with Crippen LogP contribution >= 0.6 is 0 Å². The quantitative estimate of drug-likeness (QED) is 0.253. The van der Waals surface area contributed by atoms with Gasteiger partial charge in [0.1, 0.15) is 0 Å². The Morgan fingerprint density at radius 2 is 1.43 bits per heavy atom. The number of imidazole rings is 2. The van der Waals surface area contributed by atoms with Gasteiger partial charge >= 0.3 is 20.1 Å². The predicted octanol–water partition coefficient (Wildman–Crippen LogP) is 5.21. The van der Waals surface area contributed by atoms with Crippen molar-refractivity contribution in [1.82, 2.24) is 24.1 Å². The first-order valence-corrected chi connectivity index (χ1v) is 10.0. The molecule has 0 atom stereocenters. The van der Waals surface area contributed by atoms with E-state index in [1.165, 1.54) is 0 Å². The summed E-state index contributed by atoms with van der Waals surface area (Å²) in [5, 5.41) is 6.25. The smallest absolute Gasteiger partial charge is 0.512 e. The number of aromatic nitrogens is 5. The molecular weight excluding hydrogens is 627 g/mol. The fraction of sp³-hybridized carbons (Fsp3) is 0.0769. The summed E-state index contributed by atoms with van der Waals surface area (Å²) in [7, 11) is 3.95. The summed E-state index contributed by atoms with van der Waals surface area (Å²) in [6.07, 6.45) is 8.98. The number of halogens is 2. The Kier molecular flexibility index (Phi) is 10.2. The summed E-state index contributed by atoms with van der Waals surface area (Å²) in [4.78, 5) is 12.6. The topological polar surface area (TPSA) is 72.3 Å². The minimum Gasteiger partial charge on any atom is -0.512 e. The van der Waals surface area contributed by atoms with E-state index in [-0.39, 0.29) is 25.7 Å². The maximum Gasteiger partial charge on any atom is 3.00 e. The molecule has 0 amide bonds. The van der Waals surface area contributed by atoms with Crippen molar-refractivity contribution in [2.24, 2.45) is 14.1 Å². The minimum absolute atomic E-state index is 0. The van der Waals surface area contributed by atoms with Gasteiger partial charge in [0.25, 0.3) is 0 Å². The number of hydrogen-bond acceptors (Lipinski definition) is 4. The summed E-state index contributed by atoms with van der Waals surface area (Å²) < 4.78 is 29.8. The van der Waals surface area contributed by atoms with Crippen molar-refractivity contribution in [3.63, 3.8) is 0 Å². The summed E-state index contributed by atoms with van der Waals surface area (Å²) in [6.45, 7) is 4.75. The van der Waals surface area contributed by atoms with Gasteiger partial charge in [0.15, 0.2) is 0 Å². The molecule has 3 heterocycles. The van der Waals surface area contributed by atoms with Gasteiger partial charge in [0.05, 0.1) is 11.6 Å². The fourth-order valence-electron chi connectivity index (χ4n) is 3.13. The number of benzene rings is 2. The molecule has 5 aromatic rings. The van der Waals surface area contributed by atoms with Crippen LogP contribution in [0.1, 0.15) is 0 Å². The van der Waals surface area contributed by atoms with Gasteiger partial charge < -0.3 is 26.0 Å². The van der Waals surface area contributed by atoms with Gasteiger partial charge in [-0.1, -0.05) is 34.9 Å². The maximum atomic E-state index is 13.2. The third-order valence-corrected chi connectivity index (χ3v) is 4.70. The van der Waals surface area contributed by atoms with E-state index in [1.807, 2.05) is 53.8 Å². The van der Waals surface area contributed by atoms with Crippen LogP contribution in [0.3, 0.4) is 0 Å². The van der Waals surface area contributed by atoms with Gasteiger partial charge in [-0.3, -0.25) is 18.7 Å². The molecule has 0 aliphatic carbocycles. The molecule has 35 heavy (non-hydrogen) atoms. The number of nitrogens with zero attached hydrogens (tertiary/aromatic N) is 6. The molecule has 2 aromatic carbocycles. The maximum absolute atomic E-state index is 13.2. The molecule has 0 radical (unpaired) electrons. The van der Waals surface area contributed by atoms with Crippen molar-refractivity contribution in [2.45, 2.75) is 0 Å². The molecule has 0 bridgehead atoms. The van der Waals surface area contributed by atoms with E-state index in [4.69, 9.17) is 11.8 Å². The molecule has 0 saturated carbocycles. The number of hydrogen-bond donors (Lipinski definition) is 0. The van der Waals surface area contributed by atoms with Crippen LogP contribution in [0.4, 0.5) is 8.78 Å². The largest absolute Gasteiger partial charge is 3.00 e. The molecule has 6 nitrogen and oxygen atoms in total. The normalized spacial score (nSPS) is 9.66. The van der Waals surface area contributed by atoms with Crippen LogP contribution in [0.15, 0.2) is 79.5 Å². The molecule has 3 aromatic heterocycles. The Hall–Kier alpha value is -3.99. The van der Waals surface area contributed by atoms with Crippen LogP contribution in [0.5, 0.6) is 0 Å². The molecule has 0 saturated heterocycles. The Balaban J connectivity index is 0.000000231. The Morgan fingerprint density at radius 3 is 1.89 bits per heavy atom. The Bertz CT molecular complexity index is 1320. The van der Waals surface area contributed by atoms with Gasteiger partial charge in [-0.25, -0.2) is 0 Å². The van der Waals surface area contributed by atoms with E-state index >= 15 is 0 Å². The van der Waals surface area contributed by atoms with Crippen LogP contribution in [0.25, 0.3) is 34.0 Å². The van der Waals surface area contributed by atoms with E-state index in [9.17, 15) is 8.78 Å². The summed E-state index contributed by atoms with van der Waals surface area (Å²) in [5.41, 5.74) is 2.59. The Labute approximate surface area is 215 Å². The second kappa shape index (κ2) is 13.0. The molecule has 0 N–H and O–H groups in total. The van der Waals surface area contributed by atoms with Crippen LogP contribution in [0.2, 0.25) is 0 Å². The molecule has 5 rings (SSSR count). The number of rotatable bonds is 3. The summed E-state index contributed by atoms with van der Waals surface area (Å²) in [6, 6.07) is 18.9. The number of pyridine rings is 1. The molecule has 0 fully saturated rings. The van der Waals surface area contributed by atoms with Gasteiger partial charge in [0, 0.05) is 56.7 Å². The first kappa shape index (κ1) is 27.3. The van der Waals surface area contributed by atoms with Crippen molar-refractivity contribution in [3.8, 4) is 34.0 Å². The molecule has 0 aliphatic rings. The van der Waals surface area contributed by atoms with Crippen LogP contribution in [0, 0.1) is 35.6 Å². The number of aryl methyl sites for hydroxylation is 2. The first-order valence-electron chi connectivity index (χ1n) is 10.0. The van der Waals surface area contributed by atoms with Crippen LogP contribution in [-0.2, 0) is 34.2 Å². The minimum atomic E-state index is -0.649. The predicted molar refractivity (Wildman–Crippen MR) is 123 cm³/mol. The van der Waals surface area contributed by atoms with Crippen molar-refractivity contribution in [2.75, 3.05) is 0 Å². The van der Waals surface area contributed by atoms with Crippen LogP contribution < -0.4 is 0 Å². The SMILES string of the molecule is Cn1ccnc1-c1[c-]c(-c2nccn2C)ccc1.Fc1c[c-]c(-c2ccccn2)c(F)c1.[C-]#N.[Ir+3]. The van der Waals surface area contributed by atoms with Crippen molar-refractivity contribution >= 4 is 0 Å². The third-order valence-electron chi connectivity index (χ3n) is 4.70. The average Bonchev–Trinajstić information content (AvgIpc) is 3.49. The second-order valence-corrected chi connectivity index (χ2v) is 6.96. The standard InChI is InChI=1S/C14H13N4.C11H6F2N.CN.Ir/c1-17-8-6-15-13(17)11-4-3-5-12(10-11)14-16-7-9-18(14)2;12-8-4-5-9(10(13)7-8)11-3-1-2-6-14-11;1-2;/h3-9H,1-2H3;1-4,6-7H;;/q3*-1;+3. The molecule has 0 spiro atoms. The molecule has 0 unspecified atom stereocenters. The second-order valence-electron chi connectivity index (χ2n) is 6.96. The van der Waals surface area contributed by atoms with E-state index in [0.29, 0.717) is 5.69 Å². The van der Waals surface area contributed by atoms with E-state index in [0.717, 1.165) is 34.9 Å². The van der Waals surface area contributed by atoms with Gasteiger partial charge in [-0.05, 0) is 11.8 Å². The summed E-state index contributed by atoms with van der Waals surface area (Å²) >= 11 is 0. The van der Waals surface area contributed by atoms with Crippen LogP contribution in [-0.4, -0.2) is 24.1 Å². The summed E-state index contributed by atoms with van der Waals surface area (Å²) in [5.74, 6) is 0.531. The van der Waals surface area contributed by atoms with E-state index in [1.54, 1.807) is 36.8 Å². The van der Waals surface area contributed by atoms with E-state index in [2.05, 4.69) is 27.1 Å². The molecule has 176 valence electrons. The zero-order valence-electron chi connectivity index (χ0n) is 18.8. The average molecular weight is 646 g/mol. The molecular formula is C26H19F2IrN6. The molecule has 9 heteroatoms. The zero-order chi connectivity index (χ0) is 24.5. The van der Waals surface area contributed by atoms with Gasteiger partial charge in [0.2, 0.25) is 0 Å². The Morgan fingerprint density at radius 1 is 0.829 bits per heavy atom. The fourth-order valence-corrected chi connectivity index (χ4v) is 3.13. The van der Waals surface area contributed by atoms with E-state index < -0.39 is 11.6 Å². The van der Waals surface area contributed by atoms with Crippen molar-refractivity contribution < 1.29 is 28.9 Å². The van der Waals surface area contributed by atoms with Gasteiger partial charge in [-0.2, -0.15) is 0 Å². The van der Waals surface area contributed by atoms with Gasteiger partial charge in [-0.15, -0.1) is 36.4 Å². The van der Waals surface area contributed by atoms with Crippen molar-refractivity contribution in [1.29, 1.82) is 5.26 Å². The first-order chi connectivity index (χ1) is 16.5. The molecule has 0 aliphatic heterocycles. The third kappa shape index (κ3) is 6.76. The zero-order valence-corrected chi connectivity index (χ0v) is 21.2.